The SMILES string of the molecule is COCc1c(C(=O)N/N=C(\C)c2ccccc2)nnn1-c1nonc1N. The van der Waals surface area contributed by atoms with E-state index in [-0.39, 0.29) is 23.9 Å². The van der Waals surface area contributed by atoms with E-state index in [9.17, 15) is 4.79 Å². The van der Waals surface area contributed by atoms with Crippen molar-refractivity contribution in [1.29, 1.82) is 0 Å². The number of hydrazone groups is 1. The van der Waals surface area contributed by atoms with E-state index in [0.717, 1.165) is 5.56 Å². The molecule has 0 atom stereocenters. The fraction of sp³-hybridized carbons (Fsp3) is 0.200. The Labute approximate surface area is 147 Å². The average molecular weight is 356 g/mol. The summed E-state index contributed by atoms with van der Waals surface area (Å²) in [5.41, 5.74) is 10.0. The zero-order valence-electron chi connectivity index (χ0n) is 14.1. The molecule has 2 heterocycles. The van der Waals surface area contributed by atoms with Crippen molar-refractivity contribution in [3.63, 3.8) is 0 Å². The molecule has 0 spiro atoms. The summed E-state index contributed by atoms with van der Waals surface area (Å²) in [7, 11) is 1.47. The van der Waals surface area contributed by atoms with Crippen LogP contribution < -0.4 is 11.2 Å². The maximum atomic E-state index is 12.5. The Morgan fingerprint density at radius 1 is 1.35 bits per heavy atom. The van der Waals surface area contributed by atoms with Gasteiger partial charge in [0.2, 0.25) is 11.6 Å². The number of aromatic nitrogens is 5. The van der Waals surface area contributed by atoms with Crippen molar-refractivity contribution in [2.24, 2.45) is 5.10 Å². The molecule has 11 nitrogen and oxygen atoms in total. The Bertz CT molecular complexity index is 932. The van der Waals surface area contributed by atoms with Gasteiger partial charge in [0.1, 0.15) is 5.69 Å². The largest absolute Gasteiger partial charge is 0.378 e. The average Bonchev–Trinajstić information content (AvgIpc) is 3.26. The minimum atomic E-state index is -0.548. The van der Waals surface area contributed by atoms with E-state index in [1.807, 2.05) is 30.3 Å². The summed E-state index contributed by atoms with van der Waals surface area (Å²) in [5.74, 6) is -0.418. The molecule has 1 amide bonds. The molecule has 1 aromatic carbocycles. The summed E-state index contributed by atoms with van der Waals surface area (Å²) in [6, 6.07) is 9.44. The zero-order chi connectivity index (χ0) is 18.5. The van der Waals surface area contributed by atoms with Gasteiger partial charge in [0, 0.05) is 7.11 Å². The Hall–Kier alpha value is -3.60. The van der Waals surface area contributed by atoms with Gasteiger partial charge in [0.05, 0.1) is 12.3 Å². The highest BCUT2D eigenvalue weighted by molar-refractivity contribution is 6.00. The number of rotatable bonds is 6. The van der Waals surface area contributed by atoms with Crippen LogP contribution in [0.1, 0.15) is 28.7 Å². The highest BCUT2D eigenvalue weighted by Gasteiger charge is 2.23. The van der Waals surface area contributed by atoms with Crippen molar-refractivity contribution in [3.8, 4) is 5.82 Å². The lowest BCUT2D eigenvalue weighted by Crippen LogP contribution is -2.22. The lowest BCUT2D eigenvalue weighted by molar-refractivity contribution is 0.0944. The third-order valence-corrected chi connectivity index (χ3v) is 3.47. The normalized spacial score (nSPS) is 11.5. The number of nitrogens with one attached hydrogen (secondary N) is 1. The van der Waals surface area contributed by atoms with E-state index in [0.29, 0.717) is 11.4 Å². The van der Waals surface area contributed by atoms with E-state index < -0.39 is 5.91 Å². The standard InChI is InChI=1S/C15H16N8O3/c1-9(10-6-4-3-5-7-10)17-19-15(24)12-11(8-25-2)23(22-18-12)14-13(16)20-26-21-14/h3-7H,8H2,1-2H3,(H2,16,20)(H,19,24)/b17-9+. The summed E-state index contributed by atoms with van der Waals surface area (Å²) >= 11 is 0. The number of hydrogen-bond donors (Lipinski definition) is 2. The Morgan fingerprint density at radius 2 is 2.12 bits per heavy atom. The molecular formula is C15H16N8O3. The van der Waals surface area contributed by atoms with E-state index >= 15 is 0 Å². The number of carbonyl (C=O) groups is 1. The quantitative estimate of drug-likeness (QED) is 0.480. The lowest BCUT2D eigenvalue weighted by Gasteiger charge is -2.05. The van der Waals surface area contributed by atoms with Crippen LogP contribution in [0.4, 0.5) is 5.82 Å². The van der Waals surface area contributed by atoms with Gasteiger partial charge in [-0.3, -0.25) is 4.79 Å². The number of amides is 1. The maximum absolute atomic E-state index is 12.5. The molecule has 11 heteroatoms. The molecule has 26 heavy (non-hydrogen) atoms. The summed E-state index contributed by atoms with van der Waals surface area (Å²) in [4.78, 5) is 12.5. The molecule has 0 bridgehead atoms. The first-order chi connectivity index (χ1) is 12.6. The monoisotopic (exact) mass is 356 g/mol. The van der Waals surface area contributed by atoms with Crippen LogP contribution >= 0.6 is 0 Å². The van der Waals surface area contributed by atoms with E-state index in [4.69, 9.17) is 10.5 Å². The number of nitrogens with two attached hydrogens (primary N) is 1. The molecule has 0 radical (unpaired) electrons. The number of ether oxygens (including phenoxy) is 1. The van der Waals surface area contributed by atoms with Crippen LogP contribution in [0.5, 0.6) is 0 Å². The molecule has 134 valence electrons. The highest BCUT2D eigenvalue weighted by Crippen LogP contribution is 2.16. The number of anilines is 1. The number of carbonyl (C=O) groups excluding carboxylic acids is 1. The van der Waals surface area contributed by atoms with Gasteiger partial charge < -0.3 is 10.5 Å². The Morgan fingerprint density at radius 3 is 2.77 bits per heavy atom. The van der Waals surface area contributed by atoms with E-state index in [2.05, 4.69) is 35.8 Å². The number of nitrogens with zero attached hydrogens (tertiary/aromatic N) is 6. The molecule has 0 aliphatic carbocycles. The first kappa shape index (κ1) is 17.2. The molecule has 0 aliphatic heterocycles. The van der Waals surface area contributed by atoms with Crippen LogP contribution in [-0.4, -0.2) is 44.0 Å². The molecule has 0 saturated heterocycles. The Kier molecular flexibility index (Phi) is 4.99. The molecule has 3 N–H and O–H groups in total. The van der Waals surface area contributed by atoms with Crippen LogP contribution in [0.15, 0.2) is 40.1 Å². The predicted molar refractivity (Wildman–Crippen MR) is 90.5 cm³/mol. The van der Waals surface area contributed by atoms with E-state index in [1.54, 1.807) is 6.92 Å². The number of hydrogen-bond acceptors (Lipinski definition) is 9. The van der Waals surface area contributed by atoms with Crippen LogP contribution in [0.3, 0.4) is 0 Å². The summed E-state index contributed by atoms with van der Waals surface area (Å²) < 4.78 is 10.9. The van der Waals surface area contributed by atoms with Crippen molar-refractivity contribution in [2.75, 3.05) is 12.8 Å². The van der Waals surface area contributed by atoms with Crippen LogP contribution in [-0.2, 0) is 11.3 Å². The fourth-order valence-corrected chi connectivity index (χ4v) is 2.18. The maximum Gasteiger partial charge on any atom is 0.293 e. The minimum Gasteiger partial charge on any atom is -0.378 e. The van der Waals surface area contributed by atoms with E-state index in [1.165, 1.54) is 11.8 Å². The summed E-state index contributed by atoms with van der Waals surface area (Å²) in [6.07, 6.45) is 0. The number of nitrogen functional groups attached to an aromatic ring is 1. The first-order valence-electron chi connectivity index (χ1n) is 7.53. The lowest BCUT2D eigenvalue weighted by atomic mass is 10.1. The van der Waals surface area contributed by atoms with Crippen molar-refractivity contribution >= 4 is 17.4 Å². The van der Waals surface area contributed by atoms with Crippen molar-refractivity contribution in [2.45, 2.75) is 13.5 Å². The third kappa shape index (κ3) is 3.42. The van der Waals surface area contributed by atoms with Gasteiger partial charge >= 0.3 is 0 Å². The van der Waals surface area contributed by atoms with Crippen LogP contribution in [0, 0.1) is 0 Å². The first-order valence-corrected chi connectivity index (χ1v) is 7.53. The Balaban J connectivity index is 1.86. The molecule has 3 rings (SSSR count). The van der Waals surface area contributed by atoms with Gasteiger partial charge in [0.25, 0.3) is 5.91 Å². The molecule has 0 saturated carbocycles. The van der Waals surface area contributed by atoms with Crippen LogP contribution in [0.25, 0.3) is 5.82 Å². The second-order valence-electron chi connectivity index (χ2n) is 5.21. The zero-order valence-corrected chi connectivity index (χ0v) is 14.1. The number of benzene rings is 1. The second kappa shape index (κ2) is 7.53. The summed E-state index contributed by atoms with van der Waals surface area (Å²) in [5, 5.41) is 19.0. The van der Waals surface area contributed by atoms with Gasteiger partial charge in [-0.1, -0.05) is 35.5 Å². The van der Waals surface area contributed by atoms with Crippen LogP contribution in [0.2, 0.25) is 0 Å². The summed E-state index contributed by atoms with van der Waals surface area (Å²) in [6.45, 7) is 1.83. The molecule has 0 unspecified atom stereocenters. The van der Waals surface area contributed by atoms with Gasteiger partial charge in [-0.15, -0.1) is 5.10 Å². The molecular weight excluding hydrogens is 340 g/mol. The molecule has 0 fully saturated rings. The molecule has 0 aliphatic rings. The van der Waals surface area contributed by atoms with Gasteiger partial charge in [-0.25, -0.2) is 10.1 Å². The van der Waals surface area contributed by atoms with Gasteiger partial charge in [-0.2, -0.15) is 9.78 Å². The van der Waals surface area contributed by atoms with Crippen molar-refractivity contribution < 1.29 is 14.2 Å². The predicted octanol–water partition coefficient (Wildman–Crippen LogP) is 0.533. The smallest absolute Gasteiger partial charge is 0.293 e. The number of methoxy groups -OCH3 is 1. The fourth-order valence-electron chi connectivity index (χ4n) is 2.18. The topological polar surface area (TPSA) is 146 Å². The van der Waals surface area contributed by atoms with Gasteiger partial charge in [-0.05, 0) is 22.8 Å². The van der Waals surface area contributed by atoms with Crippen molar-refractivity contribution in [1.82, 2.24) is 30.7 Å². The minimum absolute atomic E-state index is 0.0113. The molecule has 3 aromatic rings. The highest BCUT2D eigenvalue weighted by atomic mass is 16.6. The molecule has 2 aromatic heterocycles. The second-order valence-corrected chi connectivity index (χ2v) is 5.21. The van der Waals surface area contributed by atoms with Gasteiger partial charge in [0.15, 0.2) is 5.69 Å². The van der Waals surface area contributed by atoms with Crippen molar-refractivity contribution in [3.05, 3.63) is 47.3 Å². The third-order valence-electron chi connectivity index (χ3n) is 3.47.